The van der Waals surface area contributed by atoms with Gasteiger partial charge in [-0.15, -0.1) is 0 Å². The van der Waals surface area contributed by atoms with Crippen molar-refractivity contribution in [2.75, 3.05) is 0 Å². The summed E-state index contributed by atoms with van der Waals surface area (Å²) < 4.78 is -0.700. The second kappa shape index (κ2) is 9.85. The van der Waals surface area contributed by atoms with Crippen LogP contribution < -0.4 is 0 Å². The Morgan fingerprint density at radius 1 is 0.429 bits per heavy atom. The van der Waals surface area contributed by atoms with Gasteiger partial charge in [0, 0.05) is 0 Å². The van der Waals surface area contributed by atoms with Gasteiger partial charge in [0.2, 0.25) is 0 Å². The van der Waals surface area contributed by atoms with Gasteiger partial charge in [-0.05, 0) is 0 Å². The Bertz CT molecular complexity index is 1160. The van der Waals surface area contributed by atoms with Crippen molar-refractivity contribution >= 4 is 29.8 Å². The molecule has 0 fully saturated rings. The number of carbonyl (C=O) groups excluding carboxylic acids is 3. The number of benzene rings is 3. The monoisotopic (exact) mass is 576 g/mol. The topological polar surface area (TPSA) is 51.2 Å². The predicted octanol–water partition coefficient (Wildman–Crippen LogP) is 7.11. The van der Waals surface area contributed by atoms with Gasteiger partial charge < -0.3 is 0 Å². The van der Waals surface area contributed by atoms with Gasteiger partial charge in [0.25, 0.3) is 0 Å². The van der Waals surface area contributed by atoms with E-state index in [1.165, 1.54) is 0 Å². The molecule has 0 aliphatic heterocycles. The third-order valence-electron chi connectivity index (χ3n) is 7.07. The summed E-state index contributed by atoms with van der Waals surface area (Å²) in [7, 11) is 0. The summed E-state index contributed by atoms with van der Waals surface area (Å²) in [4.78, 5) is 45.2. The van der Waals surface area contributed by atoms with Gasteiger partial charge in [-0.2, -0.15) is 0 Å². The van der Waals surface area contributed by atoms with E-state index in [-0.39, 0.29) is 11.4 Å². The van der Waals surface area contributed by atoms with Crippen LogP contribution in [-0.2, 0) is 0 Å². The summed E-state index contributed by atoms with van der Waals surface area (Å²) in [5, 5.41) is 0. The second-order valence-electron chi connectivity index (χ2n) is 10.4. The van der Waals surface area contributed by atoms with Crippen LogP contribution in [0.2, 0.25) is 4.94 Å². The first-order valence-electron chi connectivity index (χ1n) is 12.1. The zero-order chi connectivity index (χ0) is 26.4. The molecule has 3 rings (SSSR count). The number of hydrogen-bond acceptors (Lipinski definition) is 3. The maximum atomic E-state index is 14.5. The average molecular weight is 575 g/mol. The molecule has 0 saturated heterocycles. The van der Waals surface area contributed by atoms with Crippen molar-refractivity contribution in [2.45, 2.75) is 67.3 Å². The van der Waals surface area contributed by atoms with Crippen LogP contribution in [0.4, 0.5) is 0 Å². The number of hydrogen-bond donors (Lipinski definition) is 0. The van der Waals surface area contributed by atoms with Crippen LogP contribution in [0.1, 0.15) is 81.1 Å². The van der Waals surface area contributed by atoms with Crippen molar-refractivity contribution in [1.82, 2.24) is 0 Å². The Morgan fingerprint density at radius 3 is 0.771 bits per heavy atom. The first-order valence-corrected chi connectivity index (χ1v) is 19.2. The van der Waals surface area contributed by atoms with E-state index in [9.17, 15) is 14.4 Å². The van der Waals surface area contributed by atoms with Crippen LogP contribution in [0.5, 0.6) is 0 Å². The molecule has 182 valence electrons. The molecule has 0 N–H and O–H groups in total. The van der Waals surface area contributed by atoms with Crippen molar-refractivity contribution in [2.24, 2.45) is 0 Å². The van der Waals surface area contributed by atoms with Crippen molar-refractivity contribution in [1.29, 1.82) is 0 Å². The first-order chi connectivity index (χ1) is 16.2. The average Bonchev–Trinajstić information content (AvgIpc) is 2.70. The standard InChI is InChI=1S/3C10H11O.CH3.Sn/c3*1-7-4-8(2)10(6-11)9(3)5-7;;/h3*4-5H,1-3H3;1H3;. The number of rotatable bonds is 6. The van der Waals surface area contributed by atoms with Crippen molar-refractivity contribution in [3.8, 4) is 0 Å². The van der Waals surface area contributed by atoms with Gasteiger partial charge in [0.15, 0.2) is 0 Å². The maximum absolute atomic E-state index is 14.5. The molecule has 0 radical (unpaired) electrons. The van der Waals surface area contributed by atoms with Crippen LogP contribution in [0.15, 0.2) is 36.4 Å². The molecule has 3 nitrogen and oxygen atoms in total. The minimum absolute atomic E-state index is 0.233. The van der Waals surface area contributed by atoms with E-state index < -0.39 is 18.4 Å². The van der Waals surface area contributed by atoms with Crippen LogP contribution in [-0.4, -0.2) is 29.8 Å². The molecule has 3 aromatic rings. The zero-order valence-electron chi connectivity index (χ0n) is 22.7. The Labute approximate surface area is 213 Å². The molecule has 0 saturated carbocycles. The van der Waals surface area contributed by atoms with Gasteiger partial charge >= 0.3 is 215 Å². The van der Waals surface area contributed by atoms with Crippen molar-refractivity contribution < 1.29 is 14.4 Å². The third kappa shape index (κ3) is 4.80. The molecule has 3 aromatic carbocycles. The van der Waals surface area contributed by atoms with Gasteiger partial charge in [-0.1, -0.05) is 0 Å². The van der Waals surface area contributed by atoms with Crippen molar-refractivity contribution in [3.63, 3.8) is 0 Å². The minimum atomic E-state index is -4.98. The summed E-state index contributed by atoms with van der Waals surface area (Å²) in [5.41, 5.74) is 9.75. The predicted molar refractivity (Wildman–Crippen MR) is 147 cm³/mol. The molecule has 0 amide bonds. The van der Waals surface area contributed by atoms with E-state index in [1.54, 1.807) is 4.94 Å². The Morgan fingerprint density at radius 2 is 0.600 bits per heavy atom. The molecule has 0 atom stereocenters. The Hall–Kier alpha value is -2.53. The van der Waals surface area contributed by atoms with Crippen LogP contribution in [0.3, 0.4) is 0 Å². The van der Waals surface area contributed by atoms with E-state index in [4.69, 9.17) is 0 Å². The molecule has 0 heterocycles. The summed E-state index contributed by atoms with van der Waals surface area (Å²) in [6.07, 6.45) is 0. The molecule has 0 aliphatic rings. The number of carbonyl (C=O) groups is 3. The van der Waals surface area contributed by atoms with E-state index in [1.807, 2.05) is 98.7 Å². The van der Waals surface area contributed by atoms with Crippen LogP contribution in [0, 0.1) is 62.3 Å². The van der Waals surface area contributed by atoms with E-state index in [0.29, 0.717) is 16.7 Å². The van der Waals surface area contributed by atoms with E-state index in [0.717, 1.165) is 50.1 Å². The van der Waals surface area contributed by atoms with Crippen molar-refractivity contribution in [3.05, 3.63) is 103 Å². The second-order valence-corrected chi connectivity index (χ2v) is 20.7. The first kappa shape index (κ1) is 27.1. The molecular formula is C31H36O3Sn. The molecule has 4 heteroatoms. The van der Waals surface area contributed by atoms with E-state index >= 15 is 0 Å². The molecular weight excluding hydrogens is 539 g/mol. The molecule has 0 spiro atoms. The fourth-order valence-electron chi connectivity index (χ4n) is 5.67. The van der Waals surface area contributed by atoms with Gasteiger partial charge in [-0.25, -0.2) is 0 Å². The molecule has 35 heavy (non-hydrogen) atoms. The zero-order valence-corrected chi connectivity index (χ0v) is 25.5. The summed E-state index contributed by atoms with van der Waals surface area (Å²) in [5.74, 6) is 0. The fraction of sp³-hybridized carbons (Fsp3) is 0.323. The van der Waals surface area contributed by atoms with Crippen LogP contribution in [0.25, 0.3) is 0 Å². The quantitative estimate of drug-likeness (QED) is 0.295. The molecule has 0 aliphatic carbocycles. The SMILES string of the molecule is Cc1cc(C)c([C](=O)[Sn]([CH3])([C](=O)c2c(C)cc(C)cc2C)[C](=O)c2c(C)cc(C)cc2C)c(C)c1. The molecule has 0 bridgehead atoms. The normalized spacial score (nSPS) is 11.5. The third-order valence-corrected chi connectivity index (χ3v) is 17.0. The van der Waals surface area contributed by atoms with Crippen LogP contribution >= 0.6 is 0 Å². The van der Waals surface area contributed by atoms with Gasteiger partial charge in [0.05, 0.1) is 0 Å². The summed E-state index contributed by atoms with van der Waals surface area (Å²) >= 11 is -4.98. The van der Waals surface area contributed by atoms with Gasteiger partial charge in [-0.3, -0.25) is 0 Å². The van der Waals surface area contributed by atoms with Gasteiger partial charge in [0.1, 0.15) is 0 Å². The Kier molecular flexibility index (Phi) is 7.61. The Balaban J connectivity index is 2.37. The number of aryl methyl sites for hydroxylation is 9. The molecule has 0 unspecified atom stereocenters. The summed E-state index contributed by atoms with van der Waals surface area (Å²) in [6, 6.07) is 11.8. The molecule has 0 aromatic heterocycles. The summed E-state index contributed by atoms with van der Waals surface area (Å²) in [6.45, 7) is 17.4. The van der Waals surface area contributed by atoms with E-state index in [2.05, 4.69) is 0 Å². The fourth-order valence-corrected chi connectivity index (χ4v) is 15.1.